The van der Waals surface area contributed by atoms with E-state index >= 15 is 0 Å². The van der Waals surface area contributed by atoms with Gasteiger partial charge in [-0.3, -0.25) is 0 Å². The maximum atomic E-state index is 10.2. The second-order valence-corrected chi connectivity index (χ2v) is 9.94. The molecule has 0 N–H and O–H groups in total. The molecule has 0 aromatic rings. The van der Waals surface area contributed by atoms with Gasteiger partial charge in [-0.1, -0.05) is 125 Å². The van der Waals surface area contributed by atoms with E-state index in [9.17, 15) is 19.8 Å². The zero-order chi connectivity index (χ0) is 31.8. The van der Waals surface area contributed by atoms with Crippen molar-refractivity contribution in [2.45, 2.75) is 142 Å². The van der Waals surface area contributed by atoms with E-state index in [1.54, 1.807) is 0 Å². The van der Waals surface area contributed by atoms with Crippen LogP contribution in [-0.4, -0.2) is 11.9 Å². The molecule has 0 atom stereocenters. The Bertz CT molecular complexity index is 688. The van der Waals surface area contributed by atoms with E-state index in [1.165, 1.54) is 25.7 Å². The Kier molecular flexibility index (Phi) is 46.1. The van der Waals surface area contributed by atoms with Crippen molar-refractivity contribution in [2.75, 3.05) is 0 Å². The second kappa shape index (κ2) is 43.5. The molecule has 0 aliphatic heterocycles. The number of carboxylic acids is 2. The van der Waals surface area contributed by atoms with Crippen LogP contribution in [0.25, 0.3) is 0 Å². The molecule has 6 heteroatoms. The third-order valence-electron chi connectivity index (χ3n) is 6.06. The Balaban J connectivity index is -0.000000683. The molecule has 0 bridgehead atoms. The monoisotopic (exact) mass is 660 g/mol. The molecular formula is C36H58O5Zr. The van der Waals surface area contributed by atoms with Gasteiger partial charge in [0.05, 0.1) is 0 Å². The number of carbonyl (C=O) groups is 2. The minimum absolute atomic E-state index is 0.208. The molecule has 0 aromatic carbocycles. The van der Waals surface area contributed by atoms with E-state index < -0.39 is 11.9 Å². The number of carboxylic acid groups (broad SMARTS) is 2. The summed E-state index contributed by atoms with van der Waals surface area (Å²) in [6.45, 7) is 4.29. The van der Waals surface area contributed by atoms with Crippen molar-refractivity contribution in [3.63, 3.8) is 0 Å². The fourth-order valence-electron chi connectivity index (χ4n) is 3.78. The first kappa shape index (κ1) is 44.5. The molecule has 0 radical (unpaired) electrons. The van der Waals surface area contributed by atoms with Crippen LogP contribution >= 0.6 is 0 Å². The molecule has 42 heavy (non-hydrogen) atoms. The van der Waals surface area contributed by atoms with Gasteiger partial charge in [0.25, 0.3) is 0 Å². The summed E-state index contributed by atoms with van der Waals surface area (Å²) in [5, 5.41) is 20.4. The summed E-state index contributed by atoms with van der Waals surface area (Å²) in [7, 11) is 0. The van der Waals surface area contributed by atoms with Crippen LogP contribution in [0.5, 0.6) is 0 Å². The van der Waals surface area contributed by atoms with Gasteiger partial charge in [-0.15, -0.1) is 0 Å². The number of aliphatic carboxylic acids is 2. The van der Waals surface area contributed by atoms with Crippen molar-refractivity contribution in [2.24, 2.45) is 0 Å². The van der Waals surface area contributed by atoms with Gasteiger partial charge in [0.2, 0.25) is 0 Å². The first-order valence-electron chi connectivity index (χ1n) is 16.0. The number of hydrogen-bond acceptors (Lipinski definition) is 5. The molecule has 236 valence electrons. The Morgan fingerprint density at radius 3 is 1.00 bits per heavy atom. The van der Waals surface area contributed by atoms with Crippen molar-refractivity contribution in [3.05, 3.63) is 72.9 Å². The zero-order valence-electron chi connectivity index (χ0n) is 26.6. The first-order valence-corrected chi connectivity index (χ1v) is 17.0. The van der Waals surface area contributed by atoms with Crippen LogP contribution in [-0.2, 0) is 37.1 Å². The summed E-state index contributed by atoms with van der Waals surface area (Å²) in [6.07, 6.45) is 46.1. The number of hydrogen-bond donors (Lipinski definition) is 0. The molecule has 0 rings (SSSR count). The van der Waals surface area contributed by atoms with Crippen LogP contribution < -0.4 is 10.2 Å². The van der Waals surface area contributed by atoms with Crippen LogP contribution in [0.1, 0.15) is 142 Å². The predicted molar refractivity (Wildman–Crippen MR) is 169 cm³/mol. The van der Waals surface area contributed by atoms with Crippen molar-refractivity contribution >= 4 is 11.9 Å². The molecule has 0 fully saturated rings. The molecule has 0 heterocycles. The van der Waals surface area contributed by atoms with Gasteiger partial charge in [0.1, 0.15) is 0 Å². The maximum absolute atomic E-state index is 10.2. The number of unbranched alkanes of at least 4 members (excludes halogenated alkanes) is 10. The van der Waals surface area contributed by atoms with Crippen LogP contribution in [0, 0.1) is 0 Å². The van der Waals surface area contributed by atoms with Crippen molar-refractivity contribution < 1.29 is 47.3 Å². The second-order valence-electron chi connectivity index (χ2n) is 9.94. The van der Waals surface area contributed by atoms with Crippen molar-refractivity contribution in [3.8, 4) is 0 Å². The average Bonchev–Trinajstić information content (AvgIpc) is 2.98. The molecule has 0 saturated carbocycles. The summed E-state index contributed by atoms with van der Waals surface area (Å²) in [6, 6.07) is 0. The quantitative estimate of drug-likeness (QED) is 0.0684. The molecule has 0 aliphatic rings. The van der Waals surface area contributed by atoms with Crippen molar-refractivity contribution in [1.29, 1.82) is 0 Å². The summed E-state index contributed by atoms with van der Waals surface area (Å²) in [5.41, 5.74) is 0. The Morgan fingerprint density at radius 1 is 0.429 bits per heavy atom. The number of allylic oxidation sites excluding steroid dienone is 12. The molecule has 5 nitrogen and oxygen atoms in total. The fraction of sp³-hybridized carbons (Fsp3) is 0.611. The molecule has 0 aliphatic carbocycles. The Morgan fingerprint density at radius 2 is 0.690 bits per heavy atom. The van der Waals surface area contributed by atoms with Crippen LogP contribution in [0.15, 0.2) is 72.9 Å². The fourth-order valence-corrected chi connectivity index (χ4v) is 3.78. The summed E-state index contributed by atoms with van der Waals surface area (Å²) < 4.78 is 8.34. The van der Waals surface area contributed by atoms with Gasteiger partial charge in [-0.25, -0.2) is 0 Å². The van der Waals surface area contributed by atoms with Gasteiger partial charge in [-0.05, 0) is 89.9 Å². The zero-order valence-corrected chi connectivity index (χ0v) is 29.1. The summed E-state index contributed by atoms with van der Waals surface area (Å²) in [5.74, 6) is -1.85. The Hall–Kier alpha value is -1.94. The average molecular weight is 662 g/mol. The normalized spacial score (nSPS) is 11.6. The van der Waals surface area contributed by atoms with Gasteiger partial charge >= 0.3 is 27.5 Å². The number of carbonyl (C=O) groups excluding carboxylic acids is 2. The van der Waals surface area contributed by atoms with Gasteiger partial charge in [0.15, 0.2) is 0 Å². The van der Waals surface area contributed by atoms with Crippen molar-refractivity contribution in [1.82, 2.24) is 0 Å². The van der Waals surface area contributed by atoms with Gasteiger partial charge < -0.3 is 19.8 Å². The first-order chi connectivity index (χ1) is 20.5. The van der Waals surface area contributed by atoms with E-state index in [-0.39, 0.29) is 12.8 Å². The molecule has 0 amide bonds. The Labute approximate surface area is 273 Å². The summed E-state index contributed by atoms with van der Waals surface area (Å²) >= 11 is 0.300. The van der Waals surface area contributed by atoms with Crippen LogP contribution in [0.4, 0.5) is 0 Å². The molecule has 0 spiro atoms. The number of rotatable bonds is 26. The standard InChI is InChI=1S/2C18H30O2.O.Zr/c2*1-2-3-4-5-6-7-8-9-10-11-12-13-14-15-16-17-18(19)20;;/h2*3-4,6-7,9-10H,2,5,8,11-17H2,1H3,(H,19,20);;/q;;;+2/p-2/b2*4-3-,7-6-,10-9-;;. The topological polar surface area (TPSA) is 97.3 Å². The minimum atomic E-state index is -0.925. The van der Waals surface area contributed by atoms with Crippen LogP contribution in [0.3, 0.4) is 0 Å². The van der Waals surface area contributed by atoms with Gasteiger partial charge in [-0.2, -0.15) is 0 Å². The molecule has 0 unspecified atom stereocenters. The third kappa shape index (κ3) is 50.9. The summed E-state index contributed by atoms with van der Waals surface area (Å²) in [4.78, 5) is 20.4. The van der Waals surface area contributed by atoms with E-state index in [1.807, 2.05) is 0 Å². The van der Waals surface area contributed by atoms with Crippen LogP contribution in [0.2, 0.25) is 0 Å². The van der Waals surface area contributed by atoms with E-state index in [2.05, 4.69) is 86.8 Å². The predicted octanol–water partition coefficient (Wildman–Crippen LogP) is 8.53. The molecule has 0 aromatic heterocycles. The molecular weight excluding hydrogens is 604 g/mol. The van der Waals surface area contributed by atoms with E-state index in [0.29, 0.717) is 24.7 Å². The van der Waals surface area contributed by atoms with Gasteiger partial charge in [0, 0.05) is 11.9 Å². The van der Waals surface area contributed by atoms with E-state index in [0.717, 1.165) is 89.9 Å². The van der Waals surface area contributed by atoms with E-state index in [4.69, 9.17) is 2.81 Å². The molecule has 0 saturated heterocycles. The SMILES string of the molecule is CC/C=C\C/C=C\C/C=C\CCCCCCCC(=O)[O-].CC/C=C\C/C=C\C/C=C\CCCCCCCC(=O)[O-].[O]=[Zr+2]. The third-order valence-corrected chi connectivity index (χ3v) is 6.06.